The van der Waals surface area contributed by atoms with Gasteiger partial charge < -0.3 is 0 Å². The van der Waals surface area contributed by atoms with E-state index in [-0.39, 0.29) is 24.2 Å². The Bertz CT molecular complexity index is 771. The number of halogens is 1. The Morgan fingerprint density at radius 3 is 2.08 bits per heavy atom. The summed E-state index contributed by atoms with van der Waals surface area (Å²) in [6.07, 6.45) is 2.01. The van der Waals surface area contributed by atoms with Gasteiger partial charge in [-0.3, -0.25) is 25.2 Å². The van der Waals surface area contributed by atoms with Crippen molar-refractivity contribution in [2.45, 2.75) is 32.6 Å². The third-order valence-corrected chi connectivity index (χ3v) is 3.82. The minimum absolute atomic E-state index is 0.0424. The Morgan fingerprint density at radius 1 is 0.846 bits per heavy atom. The minimum Gasteiger partial charge on any atom is -0.294 e. The summed E-state index contributed by atoms with van der Waals surface area (Å²) in [7, 11) is 0. The van der Waals surface area contributed by atoms with E-state index >= 15 is 0 Å². The Kier molecular flexibility index (Phi) is 7.02. The Balaban J connectivity index is 1.76. The van der Waals surface area contributed by atoms with Gasteiger partial charge in [0.05, 0.1) is 0 Å². The Hall–Kier alpha value is -3.02. The number of hydrogen-bond acceptors (Lipinski definition) is 3. The SMILES string of the molecule is CCCc1ccc(C(=O)CCC(=O)NNC(=O)c2ccc(F)cc2)cc1. The topological polar surface area (TPSA) is 75.3 Å². The van der Waals surface area contributed by atoms with Crippen LogP contribution in [0.25, 0.3) is 0 Å². The summed E-state index contributed by atoms with van der Waals surface area (Å²) in [5.41, 5.74) is 6.43. The largest absolute Gasteiger partial charge is 0.294 e. The van der Waals surface area contributed by atoms with Crippen molar-refractivity contribution in [3.05, 3.63) is 71.0 Å². The van der Waals surface area contributed by atoms with Crippen LogP contribution in [0.3, 0.4) is 0 Å². The average molecular weight is 356 g/mol. The fourth-order valence-electron chi connectivity index (χ4n) is 2.38. The molecular formula is C20H21FN2O3. The molecule has 2 rings (SSSR count). The van der Waals surface area contributed by atoms with Crippen LogP contribution in [0.2, 0.25) is 0 Å². The van der Waals surface area contributed by atoms with Crippen molar-refractivity contribution in [2.24, 2.45) is 0 Å². The van der Waals surface area contributed by atoms with Gasteiger partial charge in [0.1, 0.15) is 5.82 Å². The van der Waals surface area contributed by atoms with Gasteiger partial charge in [0.2, 0.25) is 5.91 Å². The van der Waals surface area contributed by atoms with Crippen LogP contribution in [-0.4, -0.2) is 17.6 Å². The van der Waals surface area contributed by atoms with E-state index in [1.165, 1.54) is 17.7 Å². The van der Waals surface area contributed by atoms with Crippen LogP contribution in [0.5, 0.6) is 0 Å². The molecule has 0 aliphatic heterocycles. The van der Waals surface area contributed by atoms with Crippen LogP contribution in [0.1, 0.15) is 52.5 Å². The molecule has 2 aromatic carbocycles. The zero-order valence-electron chi connectivity index (χ0n) is 14.5. The van der Waals surface area contributed by atoms with E-state index in [0.717, 1.165) is 25.0 Å². The lowest BCUT2D eigenvalue weighted by Crippen LogP contribution is -2.41. The molecule has 0 bridgehead atoms. The Morgan fingerprint density at radius 2 is 1.46 bits per heavy atom. The first-order valence-electron chi connectivity index (χ1n) is 8.46. The molecule has 0 radical (unpaired) electrons. The predicted octanol–water partition coefficient (Wildman–Crippen LogP) is 3.20. The number of benzene rings is 2. The number of Topliss-reactive ketones (excluding diaryl/α,β-unsaturated/α-hetero) is 1. The predicted molar refractivity (Wildman–Crippen MR) is 96.0 cm³/mol. The van der Waals surface area contributed by atoms with Gasteiger partial charge in [-0.25, -0.2) is 4.39 Å². The highest BCUT2D eigenvalue weighted by Crippen LogP contribution is 2.10. The van der Waals surface area contributed by atoms with E-state index < -0.39 is 17.6 Å². The molecule has 136 valence electrons. The van der Waals surface area contributed by atoms with Crippen LogP contribution in [0.4, 0.5) is 4.39 Å². The smallest absolute Gasteiger partial charge is 0.269 e. The van der Waals surface area contributed by atoms with Gasteiger partial charge in [-0.15, -0.1) is 0 Å². The molecule has 0 aliphatic rings. The lowest BCUT2D eigenvalue weighted by atomic mass is 10.0. The normalized spacial score (nSPS) is 10.2. The van der Waals surface area contributed by atoms with Gasteiger partial charge in [0, 0.05) is 24.0 Å². The van der Waals surface area contributed by atoms with Crippen molar-refractivity contribution < 1.29 is 18.8 Å². The van der Waals surface area contributed by atoms with E-state index in [0.29, 0.717) is 5.56 Å². The first kappa shape index (κ1) is 19.3. The molecule has 0 unspecified atom stereocenters. The molecule has 0 fully saturated rings. The van der Waals surface area contributed by atoms with E-state index in [1.54, 1.807) is 12.1 Å². The number of nitrogens with one attached hydrogen (secondary N) is 2. The molecule has 5 nitrogen and oxygen atoms in total. The number of carbonyl (C=O) groups excluding carboxylic acids is 3. The molecule has 0 heterocycles. The second-order valence-electron chi connectivity index (χ2n) is 5.88. The first-order valence-corrected chi connectivity index (χ1v) is 8.46. The van der Waals surface area contributed by atoms with Crippen molar-refractivity contribution in [3.63, 3.8) is 0 Å². The summed E-state index contributed by atoms with van der Waals surface area (Å²) in [6, 6.07) is 12.3. The fourth-order valence-corrected chi connectivity index (χ4v) is 2.38. The van der Waals surface area contributed by atoms with Gasteiger partial charge in [-0.2, -0.15) is 0 Å². The monoisotopic (exact) mass is 356 g/mol. The van der Waals surface area contributed by atoms with Gasteiger partial charge in [0.25, 0.3) is 5.91 Å². The third-order valence-electron chi connectivity index (χ3n) is 3.82. The van der Waals surface area contributed by atoms with Crippen molar-refractivity contribution in [3.8, 4) is 0 Å². The van der Waals surface area contributed by atoms with E-state index in [2.05, 4.69) is 17.8 Å². The van der Waals surface area contributed by atoms with Crippen LogP contribution in [-0.2, 0) is 11.2 Å². The molecule has 0 aromatic heterocycles. The summed E-state index contributed by atoms with van der Waals surface area (Å²) < 4.78 is 12.8. The van der Waals surface area contributed by atoms with Crippen molar-refractivity contribution in [2.75, 3.05) is 0 Å². The maximum atomic E-state index is 12.8. The number of hydrogen-bond donors (Lipinski definition) is 2. The second kappa shape index (κ2) is 9.46. The van der Waals surface area contributed by atoms with E-state index in [9.17, 15) is 18.8 Å². The zero-order chi connectivity index (χ0) is 18.9. The van der Waals surface area contributed by atoms with Crippen LogP contribution in [0, 0.1) is 5.82 Å². The average Bonchev–Trinajstić information content (AvgIpc) is 2.65. The summed E-state index contributed by atoms with van der Waals surface area (Å²) in [4.78, 5) is 35.7. The first-order chi connectivity index (χ1) is 12.5. The molecule has 0 spiro atoms. The molecule has 2 N–H and O–H groups in total. The van der Waals surface area contributed by atoms with Crippen LogP contribution < -0.4 is 10.9 Å². The summed E-state index contributed by atoms with van der Waals surface area (Å²) >= 11 is 0. The van der Waals surface area contributed by atoms with Crippen LogP contribution in [0.15, 0.2) is 48.5 Å². The number of ketones is 1. The zero-order valence-corrected chi connectivity index (χ0v) is 14.5. The quantitative estimate of drug-likeness (QED) is 0.591. The highest BCUT2D eigenvalue weighted by Gasteiger charge is 2.11. The molecule has 0 aliphatic carbocycles. The third kappa shape index (κ3) is 5.81. The highest BCUT2D eigenvalue weighted by atomic mass is 19.1. The van der Waals surface area contributed by atoms with Crippen LogP contribution >= 0.6 is 0 Å². The fraction of sp³-hybridized carbons (Fsp3) is 0.250. The molecule has 0 saturated carbocycles. The molecule has 0 saturated heterocycles. The van der Waals surface area contributed by atoms with Gasteiger partial charge in [-0.1, -0.05) is 37.6 Å². The number of aryl methyl sites for hydroxylation is 1. The number of amides is 2. The summed E-state index contributed by atoms with van der Waals surface area (Å²) in [5, 5.41) is 0. The maximum absolute atomic E-state index is 12.8. The highest BCUT2D eigenvalue weighted by molar-refractivity contribution is 5.98. The van der Waals surface area contributed by atoms with Gasteiger partial charge in [-0.05, 0) is 36.2 Å². The summed E-state index contributed by atoms with van der Waals surface area (Å²) in [6.45, 7) is 2.09. The molecule has 6 heteroatoms. The molecule has 26 heavy (non-hydrogen) atoms. The maximum Gasteiger partial charge on any atom is 0.269 e. The van der Waals surface area contributed by atoms with Gasteiger partial charge >= 0.3 is 0 Å². The van der Waals surface area contributed by atoms with Crippen molar-refractivity contribution >= 4 is 17.6 Å². The molecule has 2 amide bonds. The minimum atomic E-state index is -0.559. The molecular weight excluding hydrogens is 335 g/mol. The Labute approximate surface area is 151 Å². The van der Waals surface area contributed by atoms with Gasteiger partial charge in [0.15, 0.2) is 5.78 Å². The number of rotatable bonds is 7. The van der Waals surface area contributed by atoms with E-state index in [1.807, 2.05) is 12.1 Å². The number of carbonyl (C=O) groups is 3. The summed E-state index contributed by atoms with van der Waals surface area (Å²) in [5.74, 6) is -1.62. The van der Waals surface area contributed by atoms with Crippen molar-refractivity contribution in [1.82, 2.24) is 10.9 Å². The second-order valence-corrected chi connectivity index (χ2v) is 5.88. The molecule has 2 aromatic rings. The van der Waals surface area contributed by atoms with E-state index in [4.69, 9.17) is 0 Å². The standard InChI is InChI=1S/C20H21FN2O3/c1-2-3-14-4-6-15(7-5-14)18(24)12-13-19(25)22-23-20(26)16-8-10-17(21)11-9-16/h4-11H,2-3,12-13H2,1H3,(H,22,25)(H,23,26). The lowest BCUT2D eigenvalue weighted by molar-refractivity contribution is -0.121. The number of hydrazine groups is 1. The molecule has 0 atom stereocenters. The van der Waals surface area contributed by atoms with Crippen molar-refractivity contribution in [1.29, 1.82) is 0 Å². The lowest BCUT2D eigenvalue weighted by Gasteiger charge is -2.07.